The van der Waals surface area contributed by atoms with E-state index in [9.17, 15) is 18.0 Å². The SMILES string of the molecule is CC1NC(=S)N(c2ccc(Cl)c(C(F)(F)F)c2)C1=O. The molecule has 0 saturated carbocycles. The molecule has 19 heavy (non-hydrogen) atoms. The number of carbonyl (C=O) groups excluding carboxylic acids is 1. The van der Waals surface area contributed by atoms with Crippen molar-refractivity contribution in [3.05, 3.63) is 28.8 Å². The van der Waals surface area contributed by atoms with Crippen molar-refractivity contribution in [1.29, 1.82) is 0 Å². The fourth-order valence-corrected chi connectivity index (χ4v) is 2.32. The number of nitrogens with zero attached hydrogens (tertiary/aromatic N) is 1. The summed E-state index contributed by atoms with van der Waals surface area (Å²) in [6.07, 6.45) is -4.59. The van der Waals surface area contributed by atoms with E-state index < -0.39 is 28.7 Å². The Bertz CT molecular complexity index is 561. The maximum Gasteiger partial charge on any atom is 0.417 e. The quantitative estimate of drug-likeness (QED) is 0.810. The van der Waals surface area contributed by atoms with Gasteiger partial charge in [0.15, 0.2) is 5.11 Å². The predicted molar refractivity (Wildman–Crippen MR) is 69.1 cm³/mol. The van der Waals surface area contributed by atoms with Gasteiger partial charge in [0.1, 0.15) is 6.04 Å². The number of thiocarbonyl (C=S) groups is 1. The van der Waals surface area contributed by atoms with Gasteiger partial charge in [-0.1, -0.05) is 11.6 Å². The summed E-state index contributed by atoms with van der Waals surface area (Å²) in [5.41, 5.74) is -0.953. The summed E-state index contributed by atoms with van der Waals surface area (Å²) in [6.45, 7) is 1.58. The van der Waals surface area contributed by atoms with Crippen molar-refractivity contribution in [2.24, 2.45) is 0 Å². The minimum absolute atomic E-state index is 0.0450. The molecule has 0 radical (unpaired) electrons. The Balaban J connectivity index is 2.48. The topological polar surface area (TPSA) is 32.3 Å². The Kier molecular flexibility index (Phi) is 3.44. The fraction of sp³-hybridized carbons (Fsp3) is 0.273. The molecule has 1 aromatic rings. The molecule has 1 saturated heterocycles. The van der Waals surface area contributed by atoms with Crippen LogP contribution in [0.1, 0.15) is 12.5 Å². The van der Waals surface area contributed by atoms with Crippen LogP contribution in [0.5, 0.6) is 0 Å². The zero-order valence-electron chi connectivity index (χ0n) is 9.58. The van der Waals surface area contributed by atoms with Crippen LogP contribution in [0.4, 0.5) is 18.9 Å². The molecular weight excluding hydrogens is 301 g/mol. The number of benzene rings is 1. The Morgan fingerprint density at radius 3 is 2.53 bits per heavy atom. The molecule has 0 spiro atoms. The van der Waals surface area contributed by atoms with Crippen molar-refractivity contribution in [1.82, 2.24) is 5.32 Å². The van der Waals surface area contributed by atoms with Gasteiger partial charge in [-0.2, -0.15) is 13.2 Å². The Labute approximate surface area is 117 Å². The molecule has 1 N–H and O–H groups in total. The third-order valence-electron chi connectivity index (χ3n) is 2.65. The summed E-state index contributed by atoms with van der Waals surface area (Å²) in [5.74, 6) is -0.402. The highest BCUT2D eigenvalue weighted by atomic mass is 35.5. The number of hydrogen-bond donors (Lipinski definition) is 1. The summed E-state index contributed by atoms with van der Waals surface area (Å²) >= 11 is 10.4. The van der Waals surface area contributed by atoms with E-state index in [1.807, 2.05) is 0 Å². The van der Waals surface area contributed by atoms with Gasteiger partial charge >= 0.3 is 6.18 Å². The van der Waals surface area contributed by atoms with Crippen molar-refractivity contribution in [3.8, 4) is 0 Å². The van der Waals surface area contributed by atoms with Crippen molar-refractivity contribution in [3.63, 3.8) is 0 Å². The van der Waals surface area contributed by atoms with Crippen molar-refractivity contribution >= 4 is 40.5 Å². The third-order valence-corrected chi connectivity index (χ3v) is 3.28. The molecule has 8 heteroatoms. The minimum Gasteiger partial charge on any atom is -0.350 e. The number of hydrogen-bond acceptors (Lipinski definition) is 2. The smallest absolute Gasteiger partial charge is 0.350 e. The number of alkyl halides is 3. The summed E-state index contributed by atoms with van der Waals surface area (Å²) in [4.78, 5) is 12.9. The van der Waals surface area contributed by atoms with E-state index in [0.29, 0.717) is 0 Å². The Morgan fingerprint density at radius 2 is 2.05 bits per heavy atom. The highest BCUT2D eigenvalue weighted by molar-refractivity contribution is 7.80. The molecule has 102 valence electrons. The molecule has 0 aromatic heterocycles. The second-order valence-corrected chi connectivity index (χ2v) is 4.80. The van der Waals surface area contributed by atoms with Crippen LogP contribution < -0.4 is 10.2 Å². The first-order valence-corrected chi connectivity index (χ1v) is 6.01. The highest BCUT2D eigenvalue weighted by Crippen LogP contribution is 2.37. The molecule has 0 aliphatic carbocycles. The van der Waals surface area contributed by atoms with Gasteiger partial charge in [0.25, 0.3) is 5.91 Å². The lowest BCUT2D eigenvalue weighted by Crippen LogP contribution is -2.31. The van der Waals surface area contributed by atoms with Gasteiger partial charge in [-0.15, -0.1) is 0 Å². The summed E-state index contributed by atoms with van der Waals surface area (Å²) < 4.78 is 38.3. The van der Waals surface area contributed by atoms with Gasteiger partial charge < -0.3 is 5.32 Å². The number of amides is 1. The number of halogens is 4. The third kappa shape index (κ3) is 2.52. The van der Waals surface area contributed by atoms with Crippen LogP contribution in [0.25, 0.3) is 0 Å². The minimum atomic E-state index is -4.59. The molecule has 1 atom stereocenters. The lowest BCUT2D eigenvalue weighted by atomic mass is 10.1. The lowest BCUT2D eigenvalue weighted by molar-refractivity contribution is -0.137. The average Bonchev–Trinajstić information content (AvgIpc) is 2.53. The molecule has 1 amide bonds. The molecule has 3 nitrogen and oxygen atoms in total. The van der Waals surface area contributed by atoms with Crippen molar-refractivity contribution in [2.75, 3.05) is 4.90 Å². The number of nitrogens with one attached hydrogen (secondary N) is 1. The van der Waals surface area contributed by atoms with Gasteiger partial charge in [0, 0.05) is 0 Å². The molecule has 2 rings (SSSR count). The van der Waals surface area contributed by atoms with E-state index >= 15 is 0 Å². The standard InChI is InChI=1S/C11H8ClF3N2OS/c1-5-9(18)17(10(19)16-5)6-2-3-8(12)7(4-6)11(13,14)15/h2-5H,1H3,(H,16,19). The summed E-state index contributed by atoms with van der Waals surface area (Å²) in [6, 6.07) is 2.67. The predicted octanol–water partition coefficient (Wildman–Crippen LogP) is 2.97. The van der Waals surface area contributed by atoms with Gasteiger partial charge in [-0.25, -0.2) is 0 Å². The van der Waals surface area contributed by atoms with Crippen LogP contribution in [0.2, 0.25) is 5.02 Å². The molecule has 1 unspecified atom stereocenters. The molecule has 1 aromatic carbocycles. The summed E-state index contributed by atoms with van der Waals surface area (Å²) in [7, 11) is 0. The first-order valence-electron chi connectivity index (χ1n) is 5.23. The van der Waals surface area contributed by atoms with Crippen LogP contribution in [0.15, 0.2) is 18.2 Å². The second-order valence-electron chi connectivity index (χ2n) is 4.01. The Hall–Kier alpha value is -1.34. The van der Waals surface area contributed by atoms with Gasteiger partial charge in [0.2, 0.25) is 0 Å². The molecular formula is C11H8ClF3N2OS. The molecule has 1 aliphatic heterocycles. The largest absolute Gasteiger partial charge is 0.417 e. The zero-order chi connectivity index (χ0) is 14.4. The second kappa shape index (κ2) is 4.64. The molecule has 1 heterocycles. The maximum atomic E-state index is 12.8. The van der Waals surface area contributed by atoms with Crippen LogP contribution >= 0.6 is 23.8 Å². The molecule has 1 aliphatic rings. The average molecular weight is 309 g/mol. The number of rotatable bonds is 1. The Morgan fingerprint density at radius 1 is 1.42 bits per heavy atom. The van der Waals surface area contributed by atoms with Gasteiger partial charge in [-0.3, -0.25) is 9.69 Å². The normalized spacial score (nSPS) is 19.8. The maximum absolute atomic E-state index is 12.8. The van der Waals surface area contributed by atoms with E-state index in [4.69, 9.17) is 23.8 Å². The first-order chi connectivity index (χ1) is 8.71. The van der Waals surface area contributed by atoms with Crippen molar-refractivity contribution < 1.29 is 18.0 Å². The van der Waals surface area contributed by atoms with Crippen LogP contribution in [-0.2, 0) is 11.0 Å². The van der Waals surface area contributed by atoms with E-state index in [1.54, 1.807) is 6.92 Å². The fourth-order valence-electron chi connectivity index (χ4n) is 1.72. The first kappa shape index (κ1) is 14.1. The summed E-state index contributed by atoms with van der Waals surface area (Å²) in [5, 5.41) is 2.34. The lowest BCUT2D eigenvalue weighted by Gasteiger charge is -2.17. The number of carbonyl (C=O) groups is 1. The van der Waals surface area contributed by atoms with Crippen LogP contribution in [0.3, 0.4) is 0 Å². The van der Waals surface area contributed by atoms with E-state index in [1.165, 1.54) is 6.07 Å². The zero-order valence-corrected chi connectivity index (χ0v) is 11.2. The molecule has 0 bridgehead atoms. The monoisotopic (exact) mass is 308 g/mol. The van der Waals surface area contributed by atoms with E-state index in [-0.39, 0.29) is 10.8 Å². The van der Waals surface area contributed by atoms with Crippen LogP contribution in [0, 0.1) is 0 Å². The van der Waals surface area contributed by atoms with Crippen LogP contribution in [-0.4, -0.2) is 17.1 Å². The van der Waals surface area contributed by atoms with Crippen molar-refractivity contribution in [2.45, 2.75) is 19.1 Å². The molecule has 1 fully saturated rings. The van der Waals surface area contributed by atoms with Gasteiger partial charge in [0.05, 0.1) is 16.3 Å². The van der Waals surface area contributed by atoms with Gasteiger partial charge in [-0.05, 0) is 37.3 Å². The number of anilines is 1. The highest BCUT2D eigenvalue weighted by Gasteiger charge is 2.37. The van der Waals surface area contributed by atoms with E-state index in [2.05, 4.69) is 5.32 Å². The van der Waals surface area contributed by atoms with E-state index in [0.717, 1.165) is 17.0 Å².